The maximum Gasteiger partial charge on any atom is 0.238 e. The molecule has 1 aliphatic rings. The Kier molecular flexibility index (Phi) is 4.94. The summed E-state index contributed by atoms with van der Waals surface area (Å²) in [5.74, 6) is 2.05. The molecule has 0 bridgehead atoms. The Morgan fingerprint density at radius 3 is 2.33 bits per heavy atom. The van der Waals surface area contributed by atoms with Crippen molar-refractivity contribution in [2.24, 2.45) is 22.9 Å². The number of sulfonamides is 1. The summed E-state index contributed by atoms with van der Waals surface area (Å²) in [5, 5.41) is 8.71. The minimum Gasteiger partial charge on any atom is -0.382 e. The Morgan fingerprint density at radius 1 is 1.19 bits per heavy atom. The molecule has 1 saturated carbocycles. The lowest BCUT2D eigenvalue weighted by atomic mass is 9.74. The summed E-state index contributed by atoms with van der Waals surface area (Å²) in [6, 6.07) is 7.18. The fourth-order valence-electron chi connectivity index (χ4n) is 3.32. The van der Waals surface area contributed by atoms with E-state index in [1.54, 1.807) is 24.3 Å². The van der Waals surface area contributed by atoms with Gasteiger partial charge in [0, 0.05) is 11.7 Å². The molecule has 118 valence electrons. The first-order valence-electron chi connectivity index (χ1n) is 7.66. The first kappa shape index (κ1) is 16.3. The SMILES string of the molecule is CC1CCC(C(C)C)C(Nc2ccc(S(N)(=O)=O)cc2)C1. The number of nitrogens with two attached hydrogens (primary N) is 1. The molecule has 0 saturated heterocycles. The summed E-state index contributed by atoms with van der Waals surface area (Å²) < 4.78 is 22.6. The van der Waals surface area contributed by atoms with Gasteiger partial charge in [-0.3, -0.25) is 0 Å². The molecule has 0 aromatic heterocycles. The second-order valence-electron chi connectivity index (χ2n) is 6.65. The van der Waals surface area contributed by atoms with E-state index in [4.69, 9.17) is 5.14 Å². The summed E-state index contributed by atoms with van der Waals surface area (Å²) in [5.41, 5.74) is 0.965. The van der Waals surface area contributed by atoms with E-state index in [-0.39, 0.29) is 4.90 Å². The van der Waals surface area contributed by atoms with Gasteiger partial charge in [0.2, 0.25) is 10.0 Å². The van der Waals surface area contributed by atoms with Gasteiger partial charge in [-0.2, -0.15) is 0 Å². The Labute approximate surface area is 128 Å². The zero-order valence-corrected chi connectivity index (χ0v) is 13.9. The van der Waals surface area contributed by atoms with Crippen molar-refractivity contribution in [2.75, 3.05) is 5.32 Å². The van der Waals surface area contributed by atoms with Crippen molar-refractivity contribution in [3.8, 4) is 0 Å². The van der Waals surface area contributed by atoms with E-state index in [0.29, 0.717) is 17.9 Å². The van der Waals surface area contributed by atoms with Gasteiger partial charge in [0.25, 0.3) is 0 Å². The fourth-order valence-corrected chi connectivity index (χ4v) is 3.84. The zero-order valence-electron chi connectivity index (χ0n) is 13.0. The van der Waals surface area contributed by atoms with Crippen LogP contribution in [0, 0.1) is 17.8 Å². The third-order valence-electron chi connectivity index (χ3n) is 4.56. The molecule has 1 aromatic rings. The molecule has 0 aliphatic heterocycles. The van der Waals surface area contributed by atoms with Crippen LogP contribution in [0.2, 0.25) is 0 Å². The predicted octanol–water partition coefficient (Wildman–Crippen LogP) is 3.21. The van der Waals surface area contributed by atoms with Gasteiger partial charge < -0.3 is 5.32 Å². The molecule has 0 radical (unpaired) electrons. The number of hydrogen-bond donors (Lipinski definition) is 2. The van der Waals surface area contributed by atoms with Crippen LogP contribution >= 0.6 is 0 Å². The summed E-state index contributed by atoms with van der Waals surface area (Å²) >= 11 is 0. The third-order valence-corrected chi connectivity index (χ3v) is 5.49. The number of benzene rings is 1. The molecule has 5 heteroatoms. The highest BCUT2D eigenvalue weighted by Crippen LogP contribution is 2.35. The van der Waals surface area contributed by atoms with Crippen LogP contribution in [0.3, 0.4) is 0 Å². The van der Waals surface area contributed by atoms with Crippen molar-refractivity contribution in [3.63, 3.8) is 0 Å². The largest absolute Gasteiger partial charge is 0.382 e. The number of primary sulfonamides is 1. The Bertz CT molecular complexity index is 566. The average molecular weight is 310 g/mol. The van der Waals surface area contributed by atoms with E-state index in [1.165, 1.54) is 19.3 Å². The molecule has 2 rings (SSSR count). The van der Waals surface area contributed by atoms with E-state index in [0.717, 1.165) is 11.6 Å². The summed E-state index contributed by atoms with van der Waals surface area (Å²) in [4.78, 5) is 0.158. The molecule has 1 aliphatic carbocycles. The normalized spacial score (nSPS) is 26.8. The smallest absolute Gasteiger partial charge is 0.238 e. The van der Waals surface area contributed by atoms with Crippen LogP contribution in [-0.4, -0.2) is 14.5 Å². The molecule has 21 heavy (non-hydrogen) atoms. The van der Waals surface area contributed by atoms with Crippen LogP contribution in [0.1, 0.15) is 40.0 Å². The van der Waals surface area contributed by atoms with Crippen molar-refractivity contribution < 1.29 is 8.42 Å². The van der Waals surface area contributed by atoms with Gasteiger partial charge in [-0.1, -0.05) is 27.2 Å². The molecule has 4 nitrogen and oxygen atoms in total. The van der Waals surface area contributed by atoms with Crippen molar-refractivity contribution in [3.05, 3.63) is 24.3 Å². The number of hydrogen-bond acceptors (Lipinski definition) is 3. The molecule has 0 heterocycles. The topological polar surface area (TPSA) is 72.2 Å². The van der Waals surface area contributed by atoms with E-state index in [1.807, 2.05) is 0 Å². The fraction of sp³-hybridized carbons (Fsp3) is 0.625. The Morgan fingerprint density at radius 2 is 1.81 bits per heavy atom. The molecule has 0 amide bonds. The number of anilines is 1. The van der Waals surface area contributed by atoms with Crippen LogP contribution < -0.4 is 10.5 Å². The Balaban J connectivity index is 2.11. The maximum atomic E-state index is 11.3. The molecule has 3 unspecified atom stereocenters. The van der Waals surface area contributed by atoms with E-state index in [9.17, 15) is 8.42 Å². The summed E-state index contributed by atoms with van der Waals surface area (Å²) in [7, 11) is -3.61. The van der Waals surface area contributed by atoms with Crippen molar-refractivity contribution in [2.45, 2.75) is 51.0 Å². The highest BCUT2D eigenvalue weighted by molar-refractivity contribution is 7.89. The van der Waals surface area contributed by atoms with Crippen LogP contribution in [0.15, 0.2) is 29.2 Å². The minimum absolute atomic E-state index is 0.158. The molecule has 3 N–H and O–H groups in total. The first-order valence-corrected chi connectivity index (χ1v) is 9.21. The lowest BCUT2D eigenvalue weighted by Gasteiger charge is -2.38. The summed E-state index contributed by atoms with van der Waals surface area (Å²) in [6.45, 7) is 6.86. The summed E-state index contributed by atoms with van der Waals surface area (Å²) in [6.07, 6.45) is 3.72. The van der Waals surface area contributed by atoms with Gasteiger partial charge in [0.1, 0.15) is 0 Å². The van der Waals surface area contributed by atoms with E-state index < -0.39 is 10.0 Å². The molecule has 0 spiro atoms. The Hall–Kier alpha value is -1.07. The van der Waals surface area contributed by atoms with Crippen LogP contribution in [0.4, 0.5) is 5.69 Å². The zero-order chi connectivity index (χ0) is 15.6. The van der Waals surface area contributed by atoms with Gasteiger partial charge in [-0.15, -0.1) is 0 Å². The van der Waals surface area contributed by atoms with Gasteiger partial charge in [-0.25, -0.2) is 13.6 Å². The standard InChI is InChI=1S/C16H26N2O2S/c1-11(2)15-9-4-12(3)10-16(15)18-13-5-7-14(8-6-13)21(17,19)20/h5-8,11-12,15-16,18H,4,9-10H2,1-3H3,(H2,17,19,20). The van der Waals surface area contributed by atoms with E-state index >= 15 is 0 Å². The second kappa shape index (κ2) is 6.36. The van der Waals surface area contributed by atoms with Crippen molar-refractivity contribution >= 4 is 15.7 Å². The van der Waals surface area contributed by atoms with Crippen LogP contribution in [-0.2, 0) is 10.0 Å². The van der Waals surface area contributed by atoms with Crippen molar-refractivity contribution in [1.29, 1.82) is 0 Å². The van der Waals surface area contributed by atoms with Gasteiger partial charge in [0.05, 0.1) is 4.90 Å². The molecule has 1 fully saturated rings. The van der Waals surface area contributed by atoms with Gasteiger partial charge in [0.15, 0.2) is 0 Å². The molecular formula is C16H26N2O2S. The number of nitrogens with one attached hydrogen (secondary N) is 1. The monoisotopic (exact) mass is 310 g/mol. The third kappa shape index (κ3) is 4.20. The maximum absolute atomic E-state index is 11.3. The van der Waals surface area contributed by atoms with E-state index in [2.05, 4.69) is 26.1 Å². The number of rotatable bonds is 4. The van der Waals surface area contributed by atoms with Crippen LogP contribution in [0.5, 0.6) is 0 Å². The predicted molar refractivity (Wildman–Crippen MR) is 86.6 cm³/mol. The van der Waals surface area contributed by atoms with Gasteiger partial charge in [-0.05, 0) is 54.9 Å². The lowest BCUT2D eigenvalue weighted by Crippen LogP contribution is -2.37. The van der Waals surface area contributed by atoms with Gasteiger partial charge >= 0.3 is 0 Å². The van der Waals surface area contributed by atoms with Crippen molar-refractivity contribution in [1.82, 2.24) is 0 Å². The lowest BCUT2D eigenvalue weighted by molar-refractivity contribution is 0.212. The average Bonchev–Trinajstić information content (AvgIpc) is 2.38. The second-order valence-corrected chi connectivity index (χ2v) is 8.21. The molecule has 3 atom stereocenters. The molecule has 1 aromatic carbocycles. The first-order chi connectivity index (χ1) is 9.77. The molecular weight excluding hydrogens is 284 g/mol. The van der Waals surface area contributed by atoms with Crippen LogP contribution in [0.25, 0.3) is 0 Å². The highest BCUT2D eigenvalue weighted by Gasteiger charge is 2.30. The minimum atomic E-state index is -3.61. The quantitative estimate of drug-likeness (QED) is 0.897. The highest BCUT2D eigenvalue weighted by atomic mass is 32.2.